The molecule has 1 aromatic rings. The summed E-state index contributed by atoms with van der Waals surface area (Å²) in [5, 5.41) is 0. The molecule has 0 radical (unpaired) electrons. The fraction of sp³-hybridized carbons (Fsp3) is 0.611. The van der Waals surface area contributed by atoms with Crippen molar-refractivity contribution in [2.24, 2.45) is 0 Å². The zero-order chi connectivity index (χ0) is 14.2. The molecule has 1 aromatic heterocycles. The van der Waals surface area contributed by atoms with Gasteiger partial charge >= 0.3 is 0 Å². The Bertz CT molecular complexity index is 425. The van der Waals surface area contributed by atoms with E-state index in [1.165, 1.54) is 44.2 Å². The number of pyridine rings is 1. The van der Waals surface area contributed by atoms with E-state index in [1.54, 1.807) is 0 Å². The Morgan fingerprint density at radius 2 is 2.20 bits per heavy atom. The molecule has 0 aromatic carbocycles. The third-order valence-corrected chi connectivity index (χ3v) is 4.23. The van der Waals surface area contributed by atoms with Crippen LogP contribution in [0.15, 0.2) is 36.7 Å². The lowest BCUT2D eigenvalue weighted by atomic mass is 10.1. The van der Waals surface area contributed by atoms with Crippen molar-refractivity contribution in [1.82, 2.24) is 4.90 Å². The minimum atomic E-state index is 0.627. The number of hydrogen-bond donors (Lipinski definition) is 0. The van der Waals surface area contributed by atoms with Crippen molar-refractivity contribution in [3.8, 4) is 0 Å². The molecule has 0 amide bonds. The van der Waals surface area contributed by atoms with Gasteiger partial charge in [-0.25, -0.2) is 4.57 Å². The first kappa shape index (κ1) is 15.2. The van der Waals surface area contributed by atoms with E-state index in [9.17, 15) is 0 Å². The largest absolute Gasteiger partial charge is 0.299 e. The normalized spacial score (nSPS) is 20.0. The van der Waals surface area contributed by atoms with Crippen molar-refractivity contribution in [2.45, 2.75) is 58.0 Å². The summed E-state index contributed by atoms with van der Waals surface area (Å²) < 4.78 is 2.34. The summed E-state index contributed by atoms with van der Waals surface area (Å²) in [5.74, 6) is 0. The highest BCUT2D eigenvalue weighted by Gasteiger charge is 2.24. The van der Waals surface area contributed by atoms with Crippen LogP contribution < -0.4 is 4.57 Å². The molecule has 2 heterocycles. The van der Waals surface area contributed by atoms with E-state index in [0.29, 0.717) is 6.04 Å². The van der Waals surface area contributed by atoms with Gasteiger partial charge in [0.15, 0.2) is 18.9 Å². The number of likely N-dealkylation sites (tertiary alicyclic amines) is 1. The third kappa shape index (κ3) is 4.45. The fourth-order valence-electron chi connectivity index (χ4n) is 2.99. The molecule has 2 nitrogen and oxygen atoms in total. The monoisotopic (exact) mass is 273 g/mol. The summed E-state index contributed by atoms with van der Waals surface area (Å²) in [4.78, 5) is 2.48. The predicted octanol–water partition coefficient (Wildman–Crippen LogP) is 3.88. The van der Waals surface area contributed by atoms with Gasteiger partial charge in [-0.2, -0.15) is 0 Å². The Labute approximate surface area is 124 Å². The number of nitrogens with zero attached hydrogens (tertiary/aromatic N) is 2. The van der Waals surface area contributed by atoms with Crippen LogP contribution in [0.5, 0.6) is 0 Å². The van der Waals surface area contributed by atoms with Crippen LogP contribution in [0, 0.1) is 0 Å². The average Bonchev–Trinajstić information content (AvgIpc) is 2.89. The van der Waals surface area contributed by atoms with Crippen LogP contribution >= 0.6 is 0 Å². The highest BCUT2D eigenvalue weighted by Crippen LogP contribution is 2.29. The number of rotatable bonds is 7. The molecule has 110 valence electrons. The van der Waals surface area contributed by atoms with Gasteiger partial charge in [0.1, 0.15) is 0 Å². The molecule has 0 N–H and O–H groups in total. The SMILES string of the molecule is CCCCC=CCC[n+]1cccc([C@@H]2CCCN2C)c1. The Morgan fingerprint density at radius 3 is 2.95 bits per heavy atom. The zero-order valence-electron chi connectivity index (χ0n) is 13.1. The van der Waals surface area contributed by atoms with E-state index >= 15 is 0 Å². The van der Waals surface area contributed by atoms with Crippen LogP contribution in [-0.4, -0.2) is 18.5 Å². The molecule has 0 aliphatic carbocycles. The Morgan fingerprint density at radius 1 is 1.35 bits per heavy atom. The van der Waals surface area contributed by atoms with Gasteiger partial charge < -0.3 is 0 Å². The van der Waals surface area contributed by atoms with E-state index in [-0.39, 0.29) is 0 Å². The number of hydrogen-bond acceptors (Lipinski definition) is 1. The average molecular weight is 273 g/mol. The Balaban J connectivity index is 1.85. The van der Waals surface area contributed by atoms with E-state index in [2.05, 4.69) is 60.1 Å². The molecule has 0 bridgehead atoms. The standard InChI is InChI=1S/C18H29N2/c1-3-4-5-6-7-8-14-20-15-9-11-17(16-20)18-12-10-13-19(18)2/h6-7,9,11,15-16,18H,3-5,8,10,12-14H2,1-2H3/q+1/t18-/m0/s1. The maximum atomic E-state index is 2.48. The first-order valence-corrected chi connectivity index (χ1v) is 8.15. The summed E-state index contributed by atoms with van der Waals surface area (Å²) in [6.07, 6.45) is 16.8. The van der Waals surface area contributed by atoms with Crippen molar-refractivity contribution in [3.05, 3.63) is 42.2 Å². The molecule has 0 saturated carbocycles. The number of aromatic nitrogens is 1. The van der Waals surface area contributed by atoms with Gasteiger partial charge in [-0.05, 0) is 38.9 Å². The summed E-state index contributed by atoms with van der Waals surface area (Å²) in [7, 11) is 2.24. The van der Waals surface area contributed by atoms with Crippen molar-refractivity contribution >= 4 is 0 Å². The second kappa shape index (κ2) is 8.21. The molecular formula is C18H29N2+. The number of unbranched alkanes of at least 4 members (excludes halogenated alkanes) is 2. The maximum absolute atomic E-state index is 2.48. The van der Waals surface area contributed by atoms with Gasteiger partial charge in [-0.15, -0.1) is 0 Å². The molecule has 0 unspecified atom stereocenters. The first-order valence-electron chi connectivity index (χ1n) is 8.15. The second-order valence-electron chi connectivity index (χ2n) is 5.92. The molecule has 1 fully saturated rings. The number of allylic oxidation sites excluding steroid dienone is 2. The summed E-state index contributed by atoms with van der Waals surface area (Å²) >= 11 is 0. The number of aryl methyl sites for hydroxylation is 1. The van der Waals surface area contributed by atoms with Gasteiger partial charge in [0.2, 0.25) is 0 Å². The van der Waals surface area contributed by atoms with E-state index < -0.39 is 0 Å². The van der Waals surface area contributed by atoms with E-state index in [4.69, 9.17) is 0 Å². The summed E-state index contributed by atoms with van der Waals surface area (Å²) in [6.45, 7) is 4.57. The predicted molar refractivity (Wildman–Crippen MR) is 84.5 cm³/mol. The van der Waals surface area contributed by atoms with Crippen molar-refractivity contribution < 1.29 is 4.57 Å². The lowest BCUT2D eigenvalue weighted by Gasteiger charge is -2.18. The van der Waals surface area contributed by atoms with Crippen molar-refractivity contribution in [2.75, 3.05) is 13.6 Å². The van der Waals surface area contributed by atoms with E-state index in [0.717, 1.165) is 13.0 Å². The van der Waals surface area contributed by atoms with Gasteiger partial charge in [0.05, 0.1) is 0 Å². The van der Waals surface area contributed by atoms with Gasteiger partial charge in [0.25, 0.3) is 0 Å². The van der Waals surface area contributed by atoms with Crippen LogP contribution in [0.25, 0.3) is 0 Å². The molecular weight excluding hydrogens is 244 g/mol. The zero-order valence-corrected chi connectivity index (χ0v) is 13.1. The smallest absolute Gasteiger partial charge is 0.173 e. The minimum Gasteiger partial charge on any atom is -0.299 e. The highest BCUT2D eigenvalue weighted by molar-refractivity contribution is 5.12. The van der Waals surface area contributed by atoms with Gasteiger partial charge in [-0.3, -0.25) is 4.90 Å². The molecule has 1 atom stereocenters. The quantitative estimate of drug-likeness (QED) is 0.415. The van der Waals surface area contributed by atoms with Crippen LogP contribution in [0.1, 0.15) is 57.1 Å². The molecule has 0 spiro atoms. The molecule has 2 heteroatoms. The van der Waals surface area contributed by atoms with Gasteiger partial charge in [-0.1, -0.05) is 31.9 Å². The van der Waals surface area contributed by atoms with Crippen LogP contribution in [0.2, 0.25) is 0 Å². The third-order valence-electron chi connectivity index (χ3n) is 4.23. The summed E-state index contributed by atoms with van der Waals surface area (Å²) in [5.41, 5.74) is 1.47. The van der Waals surface area contributed by atoms with Crippen LogP contribution in [0.4, 0.5) is 0 Å². The van der Waals surface area contributed by atoms with Crippen molar-refractivity contribution in [1.29, 1.82) is 0 Å². The molecule has 1 aliphatic heterocycles. The van der Waals surface area contributed by atoms with Gasteiger partial charge in [0, 0.05) is 24.1 Å². The topological polar surface area (TPSA) is 7.12 Å². The maximum Gasteiger partial charge on any atom is 0.173 e. The van der Waals surface area contributed by atoms with Crippen molar-refractivity contribution in [3.63, 3.8) is 0 Å². The lowest BCUT2D eigenvalue weighted by Crippen LogP contribution is -2.34. The second-order valence-corrected chi connectivity index (χ2v) is 5.92. The molecule has 20 heavy (non-hydrogen) atoms. The highest BCUT2D eigenvalue weighted by atomic mass is 15.1. The fourth-order valence-corrected chi connectivity index (χ4v) is 2.99. The molecule has 1 aliphatic rings. The lowest BCUT2D eigenvalue weighted by molar-refractivity contribution is -0.696. The van der Waals surface area contributed by atoms with E-state index in [1.807, 2.05) is 0 Å². The Kier molecular flexibility index (Phi) is 6.25. The van der Waals surface area contributed by atoms with Crippen LogP contribution in [0.3, 0.4) is 0 Å². The first-order chi connectivity index (χ1) is 9.81. The van der Waals surface area contributed by atoms with Crippen LogP contribution in [-0.2, 0) is 6.54 Å². The molecule has 1 saturated heterocycles. The Hall–Kier alpha value is -1.15. The minimum absolute atomic E-state index is 0.627. The summed E-state index contributed by atoms with van der Waals surface area (Å²) in [6, 6.07) is 5.10. The molecule has 2 rings (SSSR count).